The van der Waals surface area contributed by atoms with Gasteiger partial charge in [0.2, 0.25) is 5.91 Å². The average molecular weight is 474 g/mol. The summed E-state index contributed by atoms with van der Waals surface area (Å²) >= 11 is 7.91. The largest absolute Gasteiger partial charge is 0.497 e. The van der Waals surface area contributed by atoms with Gasteiger partial charge in [0, 0.05) is 26.2 Å². The molecular weight excluding hydrogens is 446 g/mol. The molecule has 1 aliphatic rings. The first-order chi connectivity index (χ1) is 15.5. The Balaban J connectivity index is 1.54. The zero-order chi connectivity index (χ0) is 22.5. The minimum absolute atomic E-state index is 0.0324. The number of carbonyl (C=O) groups excluding carboxylic acids is 1. The van der Waals surface area contributed by atoms with Crippen molar-refractivity contribution in [3.8, 4) is 5.75 Å². The van der Waals surface area contributed by atoms with E-state index in [-0.39, 0.29) is 5.91 Å². The molecule has 1 amide bonds. The first-order valence-electron chi connectivity index (χ1n) is 10.8. The van der Waals surface area contributed by atoms with Gasteiger partial charge in [0.1, 0.15) is 5.75 Å². The number of amides is 1. The van der Waals surface area contributed by atoms with E-state index in [1.165, 1.54) is 11.3 Å². The predicted molar refractivity (Wildman–Crippen MR) is 130 cm³/mol. The monoisotopic (exact) mass is 473 g/mol. The van der Waals surface area contributed by atoms with E-state index in [4.69, 9.17) is 26.1 Å². The molecule has 1 saturated heterocycles. The van der Waals surface area contributed by atoms with E-state index in [9.17, 15) is 4.79 Å². The zero-order valence-corrected chi connectivity index (χ0v) is 20.0. The lowest BCUT2D eigenvalue weighted by atomic mass is 10.1. The van der Waals surface area contributed by atoms with Gasteiger partial charge in [-0.05, 0) is 42.7 Å². The zero-order valence-electron chi connectivity index (χ0n) is 18.5. The second kappa shape index (κ2) is 10.6. The number of halogens is 1. The summed E-state index contributed by atoms with van der Waals surface area (Å²) < 4.78 is 11.6. The number of carbonyl (C=O) groups is 1. The van der Waals surface area contributed by atoms with Gasteiger partial charge in [-0.2, -0.15) is 0 Å². The van der Waals surface area contributed by atoms with Crippen LogP contribution >= 0.6 is 22.9 Å². The number of thiazole rings is 1. The quantitative estimate of drug-likeness (QED) is 0.480. The van der Waals surface area contributed by atoms with Crippen LogP contribution in [0, 0.1) is 6.92 Å². The Bertz CT molecular complexity index is 1030. The first-order valence-corrected chi connectivity index (χ1v) is 12.0. The van der Waals surface area contributed by atoms with Gasteiger partial charge in [-0.15, -0.1) is 0 Å². The van der Waals surface area contributed by atoms with E-state index in [0.717, 1.165) is 66.4 Å². The van der Waals surface area contributed by atoms with Crippen LogP contribution in [0.1, 0.15) is 17.5 Å². The molecule has 0 atom stereocenters. The fraction of sp³-hybridized carbons (Fsp3) is 0.417. The number of fused-ring (bicyclic) bond motifs is 1. The fourth-order valence-corrected chi connectivity index (χ4v) is 5.18. The summed E-state index contributed by atoms with van der Waals surface area (Å²) in [6, 6.07) is 11.5. The van der Waals surface area contributed by atoms with Crippen molar-refractivity contribution in [3.63, 3.8) is 0 Å². The Hall–Kier alpha value is -2.19. The summed E-state index contributed by atoms with van der Waals surface area (Å²) in [7, 11) is 1.64. The third-order valence-electron chi connectivity index (χ3n) is 5.69. The molecule has 8 heteroatoms. The van der Waals surface area contributed by atoms with Crippen molar-refractivity contribution in [2.45, 2.75) is 19.8 Å². The van der Waals surface area contributed by atoms with Gasteiger partial charge >= 0.3 is 0 Å². The number of aromatic nitrogens is 1. The minimum Gasteiger partial charge on any atom is -0.497 e. The second-order valence-electron chi connectivity index (χ2n) is 7.92. The van der Waals surface area contributed by atoms with Crippen LogP contribution in [-0.4, -0.2) is 62.3 Å². The molecule has 2 heterocycles. The van der Waals surface area contributed by atoms with Crippen LogP contribution in [0.5, 0.6) is 5.75 Å². The molecule has 0 unspecified atom stereocenters. The highest BCUT2D eigenvalue weighted by molar-refractivity contribution is 7.23. The molecule has 170 valence electrons. The smallest absolute Gasteiger partial charge is 0.233 e. The minimum atomic E-state index is 0.0324. The van der Waals surface area contributed by atoms with Crippen molar-refractivity contribution in [2.24, 2.45) is 0 Å². The number of morpholine rings is 1. The third-order valence-corrected chi connectivity index (χ3v) is 7.23. The number of hydrogen-bond acceptors (Lipinski definition) is 6. The van der Waals surface area contributed by atoms with E-state index in [1.54, 1.807) is 7.11 Å². The number of nitrogens with zero attached hydrogens (tertiary/aromatic N) is 3. The second-order valence-corrected chi connectivity index (χ2v) is 9.30. The van der Waals surface area contributed by atoms with Crippen LogP contribution in [0.4, 0.5) is 5.13 Å². The topological polar surface area (TPSA) is 54.9 Å². The lowest BCUT2D eigenvalue weighted by Crippen LogP contribution is -2.39. The summed E-state index contributed by atoms with van der Waals surface area (Å²) in [6.07, 6.45) is 1.18. The molecule has 0 spiro atoms. The van der Waals surface area contributed by atoms with Crippen LogP contribution in [0.15, 0.2) is 36.4 Å². The summed E-state index contributed by atoms with van der Waals surface area (Å²) in [4.78, 5) is 22.4. The summed E-state index contributed by atoms with van der Waals surface area (Å²) in [6.45, 7) is 6.99. The van der Waals surface area contributed by atoms with Crippen LogP contribution < -0.4 is 9.64 Å². The highest BCUT2D eigenvalue weighted by Gasteiger charge is 2.22. The van der Waals surface area contributed by atoms with E-state index < -0.39 is 0 Å². The number of hydrogen-bond donors (Lipinski definition) is 0. The van der Waals surface area contributed by atoms with Crippen LogP contribution in [0.2, 0.25) is 5.02 Å². The van der Waals surface area contributed by atoms with Gasteiger partial charge in [-0.25, -0.2) is 4.98 Å². The van der Waals surface area contributed by atoms with Gasteiger partial charge in [0.25, 0.3) is 0 Å². The standard InChI is InChI=1S/C24H28ClN3O3S/c1-17-4-9-20(25)23-22(17)26-24(32-23)28(11-3-10-27-12-14-31-15-13-27)21(29)16-18-5-7-19(30-2)8-6-18/h4-9H,3,10-16H2,1-2H3. The molecular formula is C24H28ClN3O3S. The van der Waals surface area contributed by atoms with Crippen molar-refractivity contribution in [3.05, 3.63) is 52.5 Å². The van der Waals surface area contributed by atoms with Crippen molar-refractivity contribution in [1.29, 1.82) is 0 Å². The lowest BCUT2D eigenvalue weighted by Gasteiger charge is -2.27. The molecule has 2 aromatic carbocycles. The predicted octanol–water partition coefficient (Wildman–Crippen LogP) is 4.56. The molecule has 32 heavy (non-hydrogen) atoms. The van der Waals surface area contributed by atoms with Crippen LogP contribution in [0.3, 0.4) is 0 Å². The molecule has 0 radical (unpaired) electrons. The maximum absolute atomic E-state index is 13.4. The maximum atomic E-state index is 13.4. The average Bonchev–Trinajstić information content (AvgIpc) is 3.27. The molecule has 0 saturated carbocycles. The fourth-order valence-electron chi connectivity index (χ4n) is 3.82. The number of rotatable bonds is 8. The number of aryl methyl sites for hydroxylation is 1. The Morgan fingerprint density at radius 3 is 2.66 bits per heavy atom. The lowest BCUT2D eigenvalue weighted by molar-refractivity contribution is -0.118. The van der Waals surface area contributed by atoms with Gasteiger partial charge in [-0.3, -0.25) is 14.6 Å². The number of anilines is 1. The Morgan fingerprint density at radius 1 is 1.22 bits per heavy atom. The van der Waals surface area contributed by atoms with E-state index >= 15 is 0 Å². The molecule has 0 aliphatic carbocycles. The van der Waals surface area contributed by atoms with Gasteiger partial charge in [-0.1, -0.05) is 41.1 Å². The number of ether oxygens (including phenoxy) is 2. The SMILES string of the molecule is COc1ccc(CC(=O)N(CCCN2CCOCC2)c2nc3c(C)ccc(Cl)c3s2)cc1. The normalized spacial score (nSPS) is 14.6. The van der Waals surface area contributed by atoms with Crippen LogP contribution in [-0.2, 0) is 16.0 Å². The molecule has 0 N–H and O–H groups in total. The van der Waals surface area contributed by atoms with Gasteiger partial charge < -0.3 is 9.47 Å². The van der Waals surface area contributed by atoms with Crippen molar-refractivity contribution in [2.75, 3.05) is 51.4 Å². The Kier molecular flexibility index (Phi) is 7.63. The molecule has 0 bridgehead atoms. The Morgan fingerprint density at radius 2 is 1.97 bits per heavy atom. The van der Waals surface area contributed by atoms with Gasteiger partial charge in [0.05, 0.1) is 42.0 Å². The van der Waals surface area contributed by atoms with E-state index in [0.29, 0.717) is 23.1 Å². The van der Waals surface area contributed by atoms with Crippen molar-refractivity contribution >= 4 is 44.2 Å². The highest BCUT2D eigenvalue weighted by atomic mass is 35.5. The molecule has 1 aromatic heterocycles. The summed E-state index contributed by atoms with van der Waals surface area (Å²) in [5, 5.41) is 1.38. The molecule has 1 aliphatic heterocycles. The maximum Gasteiger partial charge on any atom is 0.233 e. The van der Waals surface area contributed by atoms with Crippen molar-refractivity contribution in [1.82, 2.24) is 9.88 Å². The summed E-state index contributed by atoms with van der Waals surface area (Å²) in [5.41, 5.74) is 2.88. The Labute approximate surface area is 197 Å². The van der Waals surface area contributed by atoms with Crippen LogP contribution in [0.25, 0.3) is 10.2 Å². The number of benzene rings is 2. The number of methoxy groups -OCH3 is 1. The van der Waals surface area contributed by atoms with E-state index in [2.05, 4.69) is 4.90 Å². The highest BCUT2D eigenvalue weighted by Crippen LogP contribution is 2.36. The molecule has 6 nitrogen and oxygen atoms in total. The molecule has 1 fully saturated rings. The van der Waals surface area contributed by atoms with Crippen molar-refractivity contribution < 1.29 is 14.3 Å². The molecule has 3 aromatic rings. The molecule has 4 rings (SSSR count). The third kappa shape index (κ3) is 5.41. The summed E-state index contributed by atoms with van der Waals surface area (Å²) in [5.74, 6) is 0.810. The van der Waals surface area contributed by atoms with E-state index in [1.807, 2.05) is 48.2 Å². The first kappa shape index (κ1) is 23.0. The van der Waals surface area contributed by atoms with Gasteiger partial charge in [0.15, 0.2) is 5.13 Å².